The SMILES string of the molecule is Cc1cccc(COc2cccc(C(=O)N3CCC[C@@H]3CO)c2)c1. The molecule has 2 aromatic rings. The van der Waals surface area contributed by atoms with Crippen LogP contribution in [0.25, 0.3) is 0 Å². The topological polar surface area (TPSA) is 49.8 Å². The number of amides is 1. The van der Waals surface area contributed by atoms with Crippen LogP contribution in [0.4, 0.5) is 0 Å². The lowest BCUT2D eigenvalue weighted by Crippen LogP contribution is -2.37. The highest BCUT2D eigenvalue weighted by molar-refractivity contribution is 5.95. The molecule has 4 heteroatoms. The summed E-state index contributed by atoms with van der Waals surface area (Å²) >= 11 is 0. The van der Waals surface area contributed by atoms with E-state index < -0.39 is 0 Å². The van der Waals surface area contributed by atoms with Crippen molar-refractivity contribution in [2.75, 3.05) is 13.2 Å². The van der Waals surface area contributed by atoms with Crippen molar-refractivity contribution in [2.24, 2.45) is 0 Å². The summed E-state index contributed by atoms with van der Waals surface area (Å²) in [6.45, 7) is 3.26. The van der Waals surface area contributed by atoms with Crippen molar-refractivity contribution in [3.05, 3.63) is 65.2 Å². The van der Waals surface area contributed by atoms with Crippen molar-refractivity contribution in [1.29, 1.82) is 0 Å². The van der Waals surface area contributed by atoms with Gasteiger partial charge in [-0.15, -0.1) is 0 Å². The highest BCUT2D eigenvalue weighted by Gasteiger charge is 2.28. The van der Waals surface area contributed by atoms with Gasteiger partial charge in [0, 0.05) is 12.1 Å². The molecule has 4 nitrogen and oxygen atoms in total. The second kappa shape index (κ2) is 7.49. The minimum absolute atomic E-state index is 0.0231. The fourth-order valence-corrected chi connectivity index (χ4v) is 3.15. The van der Waals surface area contributed by atoms with E-state index in [0.717, 1.165) is 18.4 Å². The van der Waals surface area contributed by atoms with Gasteiger partial charge in [-0.2, -0.15) is 0 Å². The Morgan fingerprint density at radius 1 is 1.25 bits per heavy atom. The van der Waals surface area contributed by atoms with Gasteiger partial charge in [0.2, 0.25) is 0 Å². The monoisotopic (exact) mass is 325 g/mol. The number of likely N-dealkylation sites (tertiary alicyclic amines) is 1. The summed E-state index contributed by atoms with van der Waals surface area (Å²) < 4.78 is 5.83. The maximum Gasteiger partial charge on any atom is 0.254 e. The van der Waals surface area contributed by atoms with E-state index in [2.05, 4.69) is 19.1 Å². The van der Waals surface area contributed by atoms with E-state index in [4.69, 9.17) is 4.74 Å². The molecule has 24 heavy (non-hydrogen) atoms. The third-order valence-corrected chi connectivity index (χ3v) is 4.42. The minimum Gasteiger partial charge on any atom is -0.489 e. The molecule has 0 bridgehead atoms. The molecular weight excluding hydrogens is 302 g/mol. The summed E-state index contributed by atoms with van der Waals surface area (Å²) in [6, 6.07) is 15.4. The van der Waals surface area contributed by atoms with Gasteiger partial charge in [-0.05, 0) is 43.5 Å². The first-order valence-electron chi connectivity index (χ1n) is 8.37. The van der Waals surface area contributed by atoms with Gasteiger partial charge in [0.05, 0.1) is 12.6 Å². The number of benzene rings is 2. The molecule has 0 spiro atoms. The van der Waals surface area contributed by atoms with E-state index in [1.54, 1.807) is 17.0 Å². The van der Waals surface area contributed by atoms with Crippen molar-refractivity contribution in [3.63, 3.8) is 0 Å². The molecule has 3 rings (SSSR count). The number of carbonyl (C=O) groups is 1. The van der Waals surface area contributed by atoms with E-state index >= 15 is 0 Å². The molecule has 1 aliphatic heterocycles. The Bertz CT molecular complexity index is 714. The third-order valence-electron chi connectivity index (χ3n) is 4.42. The number of ether oxygens (including phenoxy) is 1. The molecular formula is C20H23NO3. The molecule has 1 saturated heterocycles. The van der Waals surface area contributed by atoms with Gasteiger partial charge in [0.25, 0.3) is 5.91 Å². The zero-order valence-corrected chi connectivity index (χ0v) is 13.9. The first-order valence-corrected chi connectivity index (χ1v) is 8.37. The summed E-state index contributed by atoms with van der Waals surface area (Å²) in [6.07, 6.45) is 1.81. The molecule has 1 amide bonds. The predicted octanol–water partition coefficient (Wildman–Crippen LogP) is 3.17. The Balaban J connectivity index is 1.68. The lowest BCUT2D eigenvalue weighted by atomic mass is 10.1. The second-order valence-electron chi connectivity index (χ2n) is 6.28. The Morgan fingerprint density at radius 3 is 2.88 bits per heavy atom. The van der Waals surface area contributed by atoms with Crippen LogP contribution in [0.3, 0.4) is 0 Å². The van der Waals surface area contributed by atoms with Crippen molar-refractivity contribution < 1.29 is 14.6 Å². The van der Waals surface area contributed by atoms with Gasteiger partial charge in [-0.25, -0.2) is 0 Å². The van der Waals surface area contributed by atoms with Gasteiger partial charge in [0.1, 0.15) is 12.4 Å². The largest absolute Gasteiger partial charge is 0.489 e. The maximum absolute atomic E-state index is 12.6. The number of aryl methyl sites for hydroxylation is 1. The highest BCUT2D eigenvalue weighted by atomic mass is 16.5. The third kappa shape index (κ3) is 3.77. The fraction of sp³-hybridized carbons (Fsp3) is 0.350. The Labute approximate surface area is 142 Å². The van der Waals surface area contributed by atoms with Gasteiger partial charge in [-0.3, -0.25) is 4.79 Å². The van der Waals surface area contributed by atoms with E-state index in [9.17, 15) is 9.90 Å². The number of aliphatic hydroxyl groups excluding tert-OH is 1. The van der Waals surface area contributed by atoms with E-state index in [1.807, 2.05) is 24.3 Å². The summed E-state index contributed by atoms with van der Waals surface area (Å²) in [5, 5.41) is 9.40. The van der Waals surface area contributed by atoms with Crippen molar-refractivity contribution in [2.45, 2.75) is 32.4 Å². The maximum atomic E-state index is 12.6. The fourth-order valence-electron chi connectivity index (χ4n) is 3.15. The van der Waals surface area contributed by atoms with E-state index in [-0.39, 0.29) is 18.6 Å². The van der Waals surface area contributed by atoms with Crippen LogP contribution in [0.2, 0.25) is 0 Å². The van der Waals surface area contributed by atoms with Crippen LogP contribution in [0.15, 0.2) is 48.5 Å². The standard InChI is InChI=1S/C20H23NO3/c1-15-5-2-6-16(11-15)14-24-19-9-3-7-17(12-19)20(23)21-10-4-8-18(21)13-22/h2-3,5-7,9,11-12,18,22H,4,8,10,13-14H2,1H3/t18-/m1/s1. The van der Waals surface area contributed by atoms with Gasteiger partial charge >= 0.3 is 0 Å². The van der Waals surface area contributed by atoms with E-state index in [1.165, 1.54) is 5.56 Å². The van der Waals surface area contributed by atoms with Crippen LogP contribution in [-0.2, 0) is 6.61 Å². The van der Waals surface area contributed by atoms with Crippen LogP contribution >= 0.6 is 0 Å². The first-order chi connectivity index (χ1) is 11.7. The van der Waals surface area contributed by atoms with Crippen LogP contribution in [0.5, 0.6) is 5.75 Å². The molecule has 0 saturated carbocycles. The molecule has 1 fully saturated rings. The molecule has 1 heterocycles. The average molecular weight is 325 g/mol. The van der Waals surface area contributed by atoms with E-state index in [0.29, 0.717) is 24.5 Å². The van der Waals surface area contributed by atoms with Crippen molar-refractivity contribution in [3.8, 4) is 5.75 Å². The number of rotatable bonds is 5. The van der Waals surface area contributed by atoms with Gasteiger partial charge < -0.3 is 14.7 Å². The zero-order valence-electron chi connectivity index (χ0n) is 13.9. The molecule has 0 aromatic heterocycles. The molecule has 2 aromatic carbocycles. The molecule has 0 radical (unpaired) electrons. The molecule has 0 aliphatic carbocycles. The van der Waals surface area contributed by atoms with Crippen molar-refractivity contribution in [1.82, 2.24) is 4.90 Å². The number of aliphatic hydroxyl groups is 1. The number of hydrogen-bond acceptors (Lipinski definition) is 3. The van der Waals surface area contributed by atoms with Crippen molar-refractivity contribution >= 4 is 5.91 Å². The second-order valence-corrected chi connectivity index (χ2v) is 6.28. The van der Waals surface area contributed by atoms with Crippen LogP contribution in [0.1, 0.15) is 34.3 Å². The summed E-state index contributed by atoms with van der Waals surface area (Å²) in [5.74, 6) is 0.648. The minimum atomic E-state index is -0.0608. The first kappa shape index (κ1) is 16.5. The smallest absolute Gasteiger partial charge is 0.254 e. The molecule has 1 aliphatic rings. The lowest BCUT2D eigenvalue weighted by molar-refractivity contribution is 0.0677. The Hall–Kier alpha value is -2.33. The van der Waals surface area contributed by atoms with Gasteiger partial charge in [0.15, 0.2) is 0 Å². The summed E-state index contributed by atoms with van der Waals surface area (Å²) in [4.78, 5) is 14.4. The number of nitrogens with zero attached hydrogens (tertiary/aromatic N) is 1. The lowest BCUT2D eigenvalue weighted by Gasteiger charge is -2.23. The van der Waals surface area contributed by atoms with Crippen LogP contribution in [-0.4, -0.2) is 35.1 Å². The Morgan fingerprint density at radius 2 is 2.08 bits per heavy atom. The quantitative estimate of drug-likeness (QED) is 0.918. The number of hydrogen-bond donors (Lipinski definition) is 1. The molecule has 1 N–H and O–H groups in total. The summed E-state index contributed by atoms with van der Waals surface area (Å²) in [5.41, 5.74) is 2.91. The highest BCUT2D eigenvalue weighted by Crippen LogP contribution is 2.22. The molecule has 126 valence electrons. The van der Waals surface area contributed by atoms with Crippen LogP contribution in [0, 0.1) is 6.92 Å². The molecule has 0 unspecified atom stereocenters. The normalized spacial score (nSPS) is 17.1. The zero-order chi connectivity index (χ0) is 16.9. The average Bonchev–Trinajstić information content (AvgIpc) is 3.08. The Kier molecular flexibility index (Phi) is 5.16. The molecule has 1 atom stereocenters. The number of carbonyl (C=O) groups excluding carboxylic acids is 1. The summed E-state index contributed by atoms with van der Waals surface area (Å²) in [7, 11) is 0. The predicted molar refractivity (Wildman–Crippen MR) is 93.1 cm³/mol. The van der Waals surface area contributed by atoms with Gasteiger partial charge in [-0.1, -0.05) is 35.9 Å². The van der Waals surface area contributed by atoms with Crippen LogP contribution < -0.4 is 4.74 Å².